The summed E-state index contributed by atoms with van der Waals surface area (Å²) in [5, 5.41) is 7.42. The van der Waals surface area contributed by atoms with E-state index >= 15 is 0 Å². The number of thiazole rings is 1. The van der Waals surface area contributed by atoms with Crippen molar-refractivity contribution in [3.63, 3.8) is 0 Å². The van der Waals surface area contributed by atoms with E-state index in [0.29, 0.717) is 0 Å². The summed E-state index contributed by atoms with van der Waals surface area (Å²) in [6, 6.07) is 2.10. The molecule has 4 nitrogen and oxygen atoms in total. The van der Waals surface area contributed by atoms with Crippen molar-refractivity contribution in [3.8, 4) is 10.6 Å². The Morgan fingerprint density at radius 3 is 2.85 bits per heavy atom. The van der Waals surface area contributed by atoms with Gasteiger partial charge in [-0.2, -0.15) is 11.3 Å². The maximum atomic E-state index is 11.1. The predicted molar refractivity (Wildman–Crippen MR) is 82.6 cm³/mol. The number of thiophene rings is 1. The normalized spacial score (nSPS) is 17.4. The van der Waals surface area contributed by atoms with Gasteiger partial charge in [0, 0.05) is 28.8 Å². The quantitative estimate of drug-likeness (QED) is 0.944. The molecule has 20 heavy (non-hydrogen) atoms. The molecule has 0 unspecified atom stereocenters. The van der Waals surface area contributed by atoms with Crippen LogP contribution >= 0.6 is 22.7 Å². The molecular formula is C14H17N3OS2. The highest BCUT2D eigenvalue weighted by atomic mass is 32.1. The maximum Gasteiger partial charge on any atom is 0.220 e. The molecule has 2 aromatic rings. The van der Waals surface area contributed by atoms with Gasteiger partial charge in [0.05, 0.1) is 5.69 Å². The lowest BCUT2D eigenvalue weighted by Gasteiger charge is -2.29. The summed E-state index contributed by atoms with van der Waals surface area (Å²) in [6.07, 6.45) is 1.74. The molecule has 0 bridgehead atoms. The molecule has 0 atom stereocenters. The van der Waals surface area contributed by atoms with Gasteiger partial charge in [0.1, 0.15) is 5.01 Å². The molecule has 1 aliphatic rings. The van der Waals surface area contributed by atoms with Crippen LogP contribution in [-0.4, -0.2) is 28.9 Å². The molecule has 0 radical (unpaired) electrons. The van der Waals surface area contributed by atoms with Crippen LogP contribution in [0.3, 0.4) is 0 Å². The van der Waals surface area contributed by atoms with Gasteiger partial charge in [-0.3, -0.25) is 9.69 Å². The number of carbonyl (C=O) groups excluding carboxylic acids is 1. The average molecular weight is 307 g/mol. The molecule has 1 saturated heterocycles. The van der Waals surface area contributed by atoms with Crippen LogP contribution in [0.1, 0.15) is 18.5 Å². The minimum atomic E-state index is -0.155. The highest BCUT2D eigenvalue weighted by Gasteiger charge is 2.23. The van der Waals surface area contributed by atoms with Crippen molar-refractivity contribution in [1.29, 1.82) is 0 Å². The molecule has 0 saturated carbocycles. The first kappa shape index (κ1) is 13.7. The smallest absolute Gasteiger partial charge is 0.220 e. The first-order chi connectivity index (χ1) is 9.72. The van der Waals surface area contributed by atoms with E-state index in [-0.39, 0.29) is 11.8 Å². The average Bonchev–Trinajstić information content (AvgIpc) is 3.09. The van der Waals surface area contributed by atoms with Gasteiger partial charge in [0.15, 0.2) is 0 Å². The topological polar surface area (TPSA) is 59.2 Å². The molecule has 0 aliphatic carbocycles. The van der Waals surface area contributed by atoms with Gasteiger partial charge in [-0.05, 0) is 37.4 Å². The Labute approximate surface area is 126 Å². The number of rotatable bonds is 4. The molecule has 2 N–H and O–H groups in total. The van der Waals surface area contributed by atoms with E-state index in [1.54, 1.807) is 22.7 Å². The molecule has 106 valence electrons. The molecule has 1 amide bonds. The van der Waals surface area contributed by atoms with Crippen LogP contribution in [0.15, 0.2) is 22.2 Å². The van der Waals surface area contributed by atoms with Gasteiger partial charge < -0.3 is 5.73 Å². The maximum absolute atomic E-state index is 11.1. The molecule has 6 heteroatoms. The Balaban J connectivity index is 1.58. The van der Waals surface area contributed by atoms with Crippen molar-refractivity contribution in [2.24, 2.45) is 11.7 Å². The van der Waals surface area contributed by atoms with Gasteiger partial charge in [-0.25, -0.2) is 4.98 Å². The zero-order valence-electron chi connectivity index (χ0n) is 11.1. The predicted octanol–water partition coefficient (Wildman–Crippen LogP) is 2.57. The number of primary amides is 1. The Morgan fingerprint density at radius 2 is 2.20 bits per heavy atom. The lowest BCUT2D eigenvalue weighted by Crippen LogP contribution is -2.38. The van der Waals surface area contributed by atoms with Crippen LogP contribution in [0.2, 0.25) is 0 Å². The monoisotopic (exact) mass is 307 g/mol. The number of nitrogens with two attached hydrogens (primary N) is 1. The van der Waals surface area contributed by atoms with E-state index in [2.05, 4.69) is 27.1 Å². The molecule has 3 rings (SSSR count). The van der Waals surface area contributed by atoms with Crippen molar-refractivity contribution in [3.05, 3.63) is 27.9 Å². The number of piperidine rings is 1. The third kappa shape index (κ3) is 3.08. The van der Waals surface area contributed by atoms with Gasteiger partial charge in [0.25, 0.3) is 0 Å². The Morgan fingerprint density at radius 1 is 1.40 bits per heavy atom. The van der Waals surface area contributed by atoms with Crippen LogP contribution in [-0.2, 0) is 11.3 Å². The molecular weight excluding hydrogens is 290 g/mol. The number of amides is 1. The SMILES string of the molecule is NC(=O)C1CCN(Cc2csc(-c3ccsc3)n2)CC1. The summed E-state index contributed by atoms with van der Waals surface area (Å²) in [5.74, 6) is -0.0962. The van der Waals surface area contributed by atoms with Gasteiger partial charge in [-0.1, -0.05) is 0 Å². The standard InChI is InChI=1S/C14H17N3OS2/c15-13(18)10-1-4-17(5-2-10)7-12-9-20-14(16-12)11-3-6-19-8-11/h3,6,8-10H,1-2,4-5,7H2,(H2,15,18). The first-order valence-corrected chi connectivity index (χ1v) is 8.53. The summed E-state index contributed by atoms with van der Waals surface area (Å²) < 4.78 is 0. The minimum Gasteiger partial charge on any atom is -0.369 e. The zero-order valence-corrected chi connectivity index (χ0v) is 12.8. The molecule has 3 heterocycles. The van der Waals surface area contributed by atoms with Gasteiger partial charge >= 0.3 is 0 Å². The number of hydrogen-bond acceptors (Lipinski definition) is 5. The van der Waals surface area contributed by atoms with Crippen LogP contribution in [0.4, 0.5) is 0 Å². The lowest BCUT2D eigenvalue weighted by atomic mass is 9.96. The van der Waals surface area contributed by atoms with Crippen molar-refractivity contribution >= 4 is 28.6 Å². The Kier molecular flexibility index (Phi) is 4.14. The third-order valence-corrected chi connectivity index (χ3v) is 5.32. The number of carbonyl (C=O) groups is 1. The largest absolute Gasteiger partial charge is 0.369 e. The summed E-state index contributed by atoms with van der Waals surface area (Å²) in [5.41, 5.74) is 7.68. The van der Waals surface area contributed by atoms with Crippen molar-refractivity contribution < 1.29 is 4.79 Å². The van der Waals surface area contributed by atoms with Crippen LogP contribution in [0.5, 0.6) is 0 Å². The summed E-state index contributed by atoms with van der Waals surface area (Å²) in [4.78, 5) is 18.2. The van der Waals surface area contributed by atoms with Crippen LogP contribution in [0, 0.1) is 5.92 Å². The minimum absolute atomic E-state index is 0.0584. The first-order valence-electron chi connectivity index (χ1n) is 6.71. The Hall–Kier alpha value is -1.24. The van der Waals surface area contributed by atoms with E-state index in [1.165, 1.54) is 5.56 Å². The number of aromatic nitrogens is 1. The highest BCUT2D eigenvalue weighted by Crippen LogP contribution is 2.26. The van der Waals surface area contributed by atoms with E-state index < -0.39 is 0 Å². The van der Waals surface area contributed by atoms with Crippen LogP contribution in [0.25, 0.3) is 10.6 Å². The summed E-state index contributed by atoms with van der Waals surface area (Å²) in [7, 11) is 0. The molecule has 2 aromatic heterocycles. The fourth-order valence-corrected chi connectivity index (χ4v) is 4.03. The third-order valence-electron chi connectivity index (χ3n) is 3.70. The lowest BCUT2D eigenvalue weighted by molar-refractivity contribution is -0.123. The van der Waals surface area contributed by atoms with E-state index in [9.17, 15) is 4.79 Å². The fraction of sp³-hybridized carbons (Fsp3) is 0.429. The molecule has 1 aliphatic heterocycles. The number of hydrogen-bond donors (Lipinski definition) is 1. The molecule has 1 fully saturated rings. The van der Waals surface area contributed by atoms with Crippen molar-refractivity contribution in [2.75, 3.05) is 13.1 Å². The van der Waals surface area contributed by atoms with E-state index in [0.717, 1.165) is 43.2 Å². The van der Waals surface area contributed by atoms with Crippen molar-refractivity contribution in [2.45, 2.75) is 19.4 Å². The second-order valence-electron chi connectivity index (χ2n) is 5.11. The van der Waals surface area contributed by atoms with Gasteiger partial charge in [0.2, 0.25) is 5.91 Å². The second-order valence-corrected chi connectivity index (χ2v) is 6.75. The zero-order chi connectivity index (χ0) is 13.9. The molecule has 0 aromatic carbocycles. The van der Waals surface area contributed by atoms with Crippen molar-refractivity contribution in [1.82, 2.24) is 9.88 Å². The highest BCUT2D eigenvalue weighted by molar-refractivity contribution is 7.14. The Bertz CT molecular complexity index is 571. The van der Waals surface area contributed by atoms with E-state index in [4.69, 9.17) is 10.7 Å². The number of likely N-dealkylation sites (tertiary alicyclic amines) is 1. The summed E-state index contributed by atoms with van der Waals surface area (Å²) >= 11 is 3.39. The molecule has 0 spiro atoms. The van der Waals surface area contributed by atoms with E-state index in [1.807, 2.05) is 0 Å². The fourth-order valence-electron chi connectivity index (χ4n) is 2.50. The van der Waals surface area contributed by atoms with Crippen LogP contribution < -0.4 is 5.73 Å². The second kappa shape index (κ2) is 6.03. The van der Waals surface area contributed by atoms with Gasteiger partial charge in [-0.15, -0.1) is 11.3 Å². The number of nitrogens with zero attached hydrogens (tertiary/aromatic N) is 2. The summed E-state index contributed by atoms with van der Waals surface area (Å²) in [6.45, 7) is 2.73.